The zero-order chi connectivity index (χ0) is 15.6. The van der Waals surface area contributed by atoms with E-state index in [0.29, 0.717) is 17.2 Å². The van der Waals surface area contributed by atoms with E-state index in [1.165, 1.54) is 4.68 Å². The molecule has 2 rings (SSSR count). The number of anilines is 1. The SMILES string of the molecule is Cc1nn(CCC(=O)Nc2ccn(C)n2)c(C)c1[N+](=O)[O-]. The number of aromatic nitrogens is 4. The highest BCUT2D eigenvalue weighted by Gasteiger charge is 2.21. The van der Waals surface area contributed by atoms with Crippen molar-refractivity contribution in [3.8, 4) is 0 Å². The number of nitrogens with one attached hydrogen (secondary N) is 1. The smallest absolute Gasteiger partial charge is 0.309 e. The van der Waals surface area contributed by atoms with E-state index in [0.717, 1.165) is 0 Å². The molecule has 0 fully saturated rings. The third-order valence-electron chi connectivity index (χ3n) is 3.06. The fraction of sp³-hybridized carbons (Fsp3) is 0.417. The first kappa shape index (κ1) is 14.7. The van der Waals surface area contributed by atoms with Crippen LogP contribution >= 0.6 is 0 Å². The molecular formula is C12H16N6O3. The molecule has 2 heterocycles. The summed E-state index contributed by atoms with van der Waals surface area (Å²) in [6.45, 7) is 3.48. The molecule has 0 aliphatic carbocycles. The summed E-state index contributed by atoms with van der Waals surface area (Å²) in [5, 5.41) is 21.7. The van der Waals surface area contributed by atoms with E-state index in [2.05, 4.69) is 15.5 Å². The maximum atomic E-state index is 11.8. The van der Waals surface area contributed by atoms with Crippen LogP contribution in [0.1, 0.15) is 17.8 Å². The Balaban J connectivity index is 1.98. The molecule has 0 spiro atoms. The molecule has 0 radical (unpaired) electrons. The van der Waals surface area contributed by atoms with Crippen LogP contribution in [0.15, 0.2) is 12.3 Å². The second-order valence-electron chi connectivity index (χ2n) is 4.67. The molecule has 0 aromatic carbocycles. The van der Waals surface area contributed by atoms with E-state index in [1.54, 1.807) is 37.8 Å². The van der Waals surface area contributed by atoms with Gasteiger partial charge in [0.15, 0.2) is 5.82 Å². The molecule has 2 aromatic rings. The Kier molecular flexibility index (Phi) is 4.01. The predicted molar refractivity (Wildman–Crippen MR) is 74.8 cm³/mol. The first-order valence-corrected chi connectivity index (χ1v) is 6.36. The van der Waals surface area contributed by atoms with Gasteiger partial charge in [0.25, 0.3) is 0 Å². The number of nitro groups is 1. The van der Waals surface area contributed by atoms with E-state index in [9.17, 15) is 14.9 Å². The van der Waals surface area contributed by atoms with Gasteiger partial charge in [0, 0.05) is 25.7 Å². The molecule has 1 N–H and O–H groups in total. The van der Waals surface area contributed by atoms with Crippen molar-refractivity contribution in [2.24, 2.45) is 7.05 Å². The fourth-order valence-corrected chi connectivity index (χ4v) is 2.06. The Morgan fingerprint density at radius 2 is 2.14 bits per heavy atom. The standard InChI is InChI=1S/C12H16N6O3/c1-8-12(18(20)21)9(2)17(14-8)7-5-11(19)13-10-4-6-16(3)15-10/h4,6H,5,7H2,1-3H3,(H,13,15,19). The predicted octanol–water partition coefficient (Wildman–Crippen LogP) is 1.17. The van der Waals surface area contributed by atoms with Crippen LogP contribution < -0.4 is 5.32 Å². The van der Waals surface area contributed by atoms with Crippen LogP contribution in [0, 0.1) is 24.0 Å². The molecular weight excluding hydrogens is 276 g/mol. The molecule has 21 heavy (non-hydrogen) atoms. The number of carbonyl (C=O) groups excluding carboxylic acids is 1. The van der Waals surface area contributed by atoms with E-state index in [-0.39, 0.29) is 24.6 Å². The molecule has 0 bridgehead atoms. The molecule has 2 aromatic heterocycles. The van der Waals surface area contributed by atoms with Gasteiger partial charge in [0.2, 0.25) is 5.91 Å². The van der Waals surface area contributed by atoms with Crippen molar-refractivity contribution in [2.45, 2.75) is 26.8 Å². The minimum absolute atomic E-state index is 0.000124. The second-order valence-corrected chi connectivity index (χ2v) is 4.67. The molecule has 9 nitrogen and oxygen atoms in total. The molecule has 0 aliphatic heterocycles. The van der Waals surface area contributed by atoms with E-state index in [1.807, 2.05) is 0 Å². The number of hydrogen-bond donors (Lipinski definition) is 1. The summed E-state index contributed by atoms with van der Waals surface area (Å²) in [5.41, 5.74) is 0.797. The Morgan fingerprint density at radius 1 is 1.43 bits per heavy atom. The van der Waals surface area contributed by atoms with Crippen LogP contribution in [-0.2, 0) is 18.4 Å². The first-order valence-electron chi connectivity index (χ1n) is 6.36. The van der Waals surface area contributed by atoms with Crippen molar-refractivity contribution < 1.29 is 9.72 Å². The van der Waals surface area contributed by atoms with Crippen molar-refractivity contribution in [3.05, 3.63) is 33.8 Å². The summed E-state index contributed by atoms with van der Waals surface area (Å²) in [7, 11) is 1.75. The summed E-state index contributed by atoms with van der Waals surface area (Å²) in [6.07, 6.45) is 1.88. The van der Waals surface area contributed by atoms with Crippen LogP contribution in [-0.4, -0.2) is 30.4 Å². The molecule has 0 saturated heterocycles. The lowest BCUT2D eigenvalue weighted by molar-refractivity contribution is -0.386. The van der Waals surface area contributed by atoms with Crippen LogP contribution in [0.5, 0.6) is 0 Å². The Bertz CT molecular complexity index is 687. The molecule has 0 unspecified atom stereocenters. The largest absolute Gasteiger partial charge is 0.312 e. The summed E-state index contributed by atoms with van der Waals surface area (Å²) in [6, 6.07) is 1.69. The van der Waals surface area contributed by atoms with E-state index >= 15 is 0 Å². The Hall–Kier alpha value is -2.71. The molecule has 0 saturated carbocycles. The van der Waals surface area contributed by atoms with Gasteiger partial charge in [-0.15, -0.1) is 0 Å². The summed E-state index contributed by atoms with van der Waals surface area (Å²) >= 11 is 0. The highest BCUT2D eigenvalue weighted by Crippen LogP contribution is 2.21. The normalized spacial score (nSPS) is 10.6. The fourth-order valence-electron chi connectivity index (χ4n) is 2.06. The van der Waals surface area contributed by atoms with E-state index < -0.39 is 4.92 Å². The van der Waals surface area contributed by atoms with Gasteiger partial charge in [0.05, 0.1) is 11.5 Å². The minimum Gasteiger partial charge on any atom is -0.309 e. The van der Waals surface area contributed by atoms with Gasteiger partial charge in [-0.3, -0.25) is 24.3 Å². The number of amides is 1. The average molecular weight is 292 g/mol. The zero-order valence-electron chi connectivity index (χ0n) is 12.0. The van der Waals surface area contributed by atoms with Crippen molar-refractivity contribution in [1.82, 2.24) is 19.6 Å². The highest BCUT2D eigenvalue weighted by molar-refractivity contribution is 5.89. The van der Waals surface area contributed by atoms with Gasteiger partial charge in [-0.25, -0.2) is 0 Å². The molecule has 0 atom stereocenters. The van der Waals surface area contributed by atoms with Gasteiger partial charge in [0.1, 0.15) is 11.4 Å². The molecule has 1 amide bonds. The highest BCUT2D eigenvalue weighted by atomic mass is 16.6. The second kappa shape index (κ2) is 5.73. The van der Waals surface area contributed by atoms with Gasteiger partial charge in [-0.2, -0.15) is 10.2 Å². The number of hydrogen-bond acceptors (Lipinski definition) is 5. The topological polar surface area (TPSA) is 108 Å². The lowest BCUT2D eigenvalue weighted by Crippen LogP contribution is -2.16. The maximum absolute atomic E-state index is 11.8. The van der Waals surface area contributed by atoms with E-state index in [4.69, 9.17) is 0 Å². The van der Waals surface area contributed by atoms with Crippen LogP contribution in [0.4, 0.5) is 11.5 Å². The lowest BCUT2D eigenvalue weighted by Gasteiger charge is -2.04. The van der Waals surface area contributed by atoms with Gasteiger partial charge in [-0.1, -0.05) is 0 Å². The Labute approximate surface area is 120 Å². The van der Waals surface area contributed by atoms with Crippen molar-refractivity contribution in [1.29, 1.82) is 0 Å². The minimum atomic E-state index is -0.456. The number of rotatable bonds is 5. The number of carbonyl (C=O) groups is 1. The number of nitrogens with zero attached hydrogens (tertiary/aromatic N) is 5. The van der Waals surface area contributed by atoms with Crippen molar-refractivity contribution in [3.63, 3.8) is 0 Å². The molecule has 9 heteroatoms. The van der Waals surface area contributed by atoms with Crippen molar-refractivity contribution >= 4 is 17.4 Å². The van der Waals surface area contributed by atoms with Crippen LogP contribution in [0.2, 0.25) is 0 Å². The van der Waals surface area contributed by atoms with Gasteiger partial charge in [-0.05, 0) is 13.8 Å². The van der Waals surface area contributed by atoms with Crippen LogP contribution in [0.25, 0.3) is 0 Å². The Morgan fingerprint density at radius 3 is 2.67 bits per heavy atom. The lowest BCUT2D eigenvalue weighted by atomic mass is 10.3. The van der Waals surface area contributed by atoms with Gasteiger partial charge < -0.3 is 5.32 Å². The zero-order valence-corrected chi connectivity index (χ0v) is 12.0. The monoisotopic (exact) mass is 292 g/mol. The van der Waals surface area contributed by atoms with Gasteiger partial charge >= 0.3 is 5.69 Å². The third kappa shape index (κ3) is 3.25. The molecule has 112 valence electrons. The average Bonchev–Trinajstić information content (AvgIpc) is 2.90. The maximum Gasteiger partial charge on any atom is 0.312 e. The van der Waals surface area contributed by atoms with Crippen molar-refractivity contribution in [2.75, 3.05) is 5.32 Å². The summed E-state index contributed by atoms with van der Waals surface area (Å²) < 4.78 is 3.06. The third-order valence-corrected chi connectivity index (χ3v) is 3.06. The summed E-state index contributed by atoms with van der Waals surface area (Å²) in [5.74, 6) is 0.255. The summed E-state index contributed by atoms with van der Waals surface area (Å²) in [4.78, 5) is 22.2. The number of aryl methyl sites for hydroxylation is 3. The quantitative estimate of drug-likeness (QED) is 0.657. The first-order chi connectivity index (χ1) is 9.88. The van der Waals surface area contributed by atoms with Crippen LogP contribution in [0.3, 0.4) is 0 Å². The molecule has 0 aliphatic rings.